The van der Waals surface area contributed by atoms with Crippen molar-refractivity contribution in [1.29, 1.82) is 5.26 Å². The molecule has 0 spiro atoms. The van der Waals surface area contributed by atoms with Gasteiger partial charge in [-0.3, -0.25) is 14.9 Å². The predicted octanol–water partition coefficient (Wildman–Crippen LogP) is 5.47. The summed E-state index contributed by atoms with van der Waals surface area (Å²) in [5.41, 5.74) is 0.651. The molecule has 0 saturated heterocycles. The molecule has 0 aliphatic heterocycles. The van der Waals surface area contributed by atoms with Crippen LogP contribution in [0.5, 0.6) is 11.5 Å². The second-order valence-corrected chi connectivity index (χ2v) is 8.01. The number of non-ortho nitro benzene ring substituents is 1. The highest BCUT2D eigenvalue weighted by Gasteiger charge is 2.16. The Hall–Kier alpha value is -3.98. The maximum atomic E-state index is 13.9. The van der Waals surface area contributed by atoms with Crippen LogP contribution in [0.15, 0.2) is 66.2 Å². The van der Waals surface area contributed by atoms with Gasteiger partial charge in [0.05, 0.1) is 15.6 Å². The molecule has 34 heavy (non-hydrogen) atoms. The minimum Gasteiger partial charge on any atom is -0.493 e. The zero-order chi connectivity index (χ0) is 24.7. The average Bonchev–Trinajstić information content (AvgIpc) is 2.82. The van der Waals surface area contributed by atoms with E-state index in [1.807, 2.05) is 28.7 Å². The smallest absolute Gasteiger partial charge is 0.271 e. The zero-order valence-corrected chi connectivity index (χ0v) is 19.9. The quantitative estimate of drug-likeness (QED) is 0.126. The molecule has 1 amide bonds. The van der Waals surface area contributed by atoms with Gasteiger partial charge in [-0.2, -0.15) is 5.26 Å². The fourth-order valence-electron chi connectivity index (χ4n) is 2.94. The first-order valence-electron chi connectivity index (χ1n) is 9.73. The fraction of sp³-hybridized carbons (Fsp3) is 0.0833. The molecule has 1 N–H and O–H groups in total. The number of carbonyl (C=O) groups is 1. The summed E-state index contributed by atoms with van der Waals surface area (Å²) in [5.74, 6) is -0.379. The Balaban J connectivity index is 1.83. The van der Waals surface area contributed by atoms with Crippen molar-refractivity contribution in [2.75, 3.05) is 12.4 Å². The Morgan fingerprint density at radius 2 is 2.00 bits per heavy atom. The number of nitro benzene ring substituents is 1. The summed E-state index contributed by atoms with van der Waals surface area (Å²) in [7, 11) is 1.44. The van der Waals surface area contributed by atoms with Crippen molar-refractivity contribution in [1.82, 2.24) is 0 Å². The van der Waals surface area contributed by atoms with E-state index >= 15 is 0 Å². The first-order valence-corrected chi connectivity index (χ1v) is 10.8. The summed E-state index contributed by atoms with van der Waals surface area (Å²) in [6.45, 7) is -0.0106. The fourth-order valence-corrected chi connectivity index (χ4v) is 3.72. The molecule has 0 atom stereocenters. The number of nitriles is 1. The SMILES string of the molecule is COc1cc(/C=C(\C#N)C(=O)Nc2cccc([N+](=O)[O-])c2)cc(I)c1OCc1ccccc1F. The van der Waals surface area contributed by atoms with Gasteiger partial charge in [0.2, 0.25) is 0 Å². The molecular weight excluding hydrogens is 556 g/mol. The number of halogens is 2. The van der Waals surface area contributed by atoms with Crippen LogP contribution in [-0.2, 0) is 11.4 Å². The molecule has 0 heterocycles. The number of methoxy groups -OCH3 is 1. The molecule has 3 aromatic rings. The van der Waals surface area contributed by atoms with Gasteiger partial charge in [0.15, 0.2) is 11.5 Å². The van der Waals surface area contributed by atoms with Gasteiger partial charge >= 0.3 is 0 Å². The molecule has 0 bridgehead atoms. The highest BCUT2D eigenvalue weighted by atomic mass is 127. The van der Waals surface area contributed by atoms with Gasteiger partial charge in [0, 0.05) is 23.4 Å². The molecule has 0 aliphatic rings. The molecule has 3 aromatic carbocycles. The van der Waals surface area contributed by atoms with Gasteiger partial charge in [-0.15, -0.1) is 0 Å². The normalized spacial score (nSPS) is 10.8. The Bertz CT molecular complexity index is 1320. The van der Waals surface area contributed by atoms with Crippen molar-refractivity contribution in [2.24, 2.45) is 0 Å². The zero-order valence-electron chi connectivity index (χ0n) is 17.7. The molecule has 0 aromatic heterocycles. The Morgan fingerprint density at radius 1 is 1.24 bits per heavy atom. The van der Waals surface area contributed by atoms with Crippen LogP contribution in [-0.4, -0.2) is 17.9 Å². The van der Waals surface area contributed by atoms with E-state index in [4.69, 9.17) is 9.47 Å². The molecule has 0 fully saturated rings. The predicted molar refractivity (Wildman–Crippen MR) is 132 cm³/mol. The maximum Gasteiger partial charge on any atom is 0.271 e. The number of amides is 1. The second-order valence-electron chi connectivity index (χ2n) is 6.85. The minimum absolute atomic E-state index is 0.0106. The van der Waals surface area contributed by atoms with E-state index in [9.17, 15) is 24.6 Å². The van der Waals surface area contributed by atoms with E-state index in [-0.39, 0.29) is 29.4 Å². The Morgan fingerprint density at radius 3 is 2.68 bits per heavy atom. The van der Waals surface area contributed by atoms with Gasteiger partial charge in [-0.25, -0.2) is 4.39 Å². The van der Waals surface area contributed by atoms with Crippen molar-refractivity contribution in [3.05, 3.63) is 96.9 Å². The van der Waals surface area contributed by atoms with E-state index < -0.39 is 10.8 Å². The van der Waals surface area contributed by atoms with Crippen LogP contribution in [0.1, 0.15) is 11.1 Å². The summed E-state index contributed by atoms with van der Waals surface area (Å²) in [6.07, 6.45) is 1.36. The van der Waals surface area contributed by atoms with Crippen LogP contribution < -0.4 is 14.8 Å². The third-order valence-corrected chi connectivity index (χ3v) is 5.37. The molecule has 0 unspecified atom stereocenters. The number of rotatable bonds is 8. The van der Waals surface area contributed by atoms with Gasteiger partial charge in [0.1, 0.15) is 24.1 Å². The minimum atomic E-state index is -0.725. The van der Waals surface area contributed by atoms with Crippen LogP contribution in [0.4, 0.5) is 15.8 Å². The van der Waals surface area contributed by atoms with Crippen molar-refractivity contribution in [3.63, 3.8) is 0 Å². The van der Waals surface area contributed by atoms with Crippen molar-refractivity contribution in [2.45, 2.75) is 6.61 Å². The summed E-state index contributed by atoms with van der Waals surface area (Å²) >= 11 is 2.02. The van der Waals surface area contributed by atoms with E-state index in [1.54, 1.807) is 30.3 Å². The lowest BCUT2D eigenvalue weighted by Gasteiger charge is -2.14. The maximum absolute atomic E-state index is 13.9. The summed E-state index contributed by atoms with van der Waals surface area (Å²) in [6, 6.07) is 16.7. The number of hydrogen-bond donors (Lipinski definition) is 1. The van der Waals surface area contributed by atoms with Crippen molar-refractivity contribution in [3.8, 4) is 17.6 Å². The number of benzene rings is 3. The molecule has 0 radical (unpaired) electrons. The molecule has 10 heteroatoms. The largest absolute Gasteiger partial charge is 0.493 e. The first-order chi connectivity index (χ1) is 16.3. The lowest BCUT2D eigenvalue weighted by Crippen LogP contribution is -2.13. The number of nitrogens with zero attached hydrogens (tertiary/aromatic N) is 2. The van der Waals surface area contributed by atoms with Crippen LogP contribution in [0.25, 0.3) is 6.08 Å². The van der Waals surface area contributed by atoms with E-state index in [0.29, 0.717) is 26.2 Å². The summed E-state index contributed by atoms with van der Waals surface area (Å²) in [4.78, 5) is 22.9. The van der Waals surface area contributed by atoms with Crippen LogP contribution >= 0.6 is 22.6 Å². The average molecular weight is 573 g/mol. The van der Waals surface area contributed by atoms with Gasteiger partial charge in [0.25, 0.3) is 11.6 Å². The van der Waals surface area contributed by atoms with E-state index in [0.717, 1.165) is 0 Å². The highest BCUT2D eigenvalue weighted by molar-refractivity contribution is 14.1. The van der Waals surface area contributed by atoms with Crippen molar-refractivity contribution < 1.29 is 23.6 Å². The molecule has 0 saturated carbocycles. The lowest BCUT2D eigenvalue weighted by atomic mass is 10.1. The summed E-state index contributed by atoms with van der Waals surface area (Å²) in [5, 5.41) is 22.9. The topological polar surface area (TPSA) is 114 Å². The molecule has 3 rings (SSSR count). The molecule has 8 nitrogen and oxygen atoms in total. The van der Waals surface area contributed by atoms with E-state index in [1.165, 1.54) is 43.5 Å². The standard InChI is InChI=1S/C24H17FIN3O5/c1-33-22-11-15(10-21(26)23(22)34-14-16-5-2-3-8-20(16)25)9-17(13-27)24(30)28-18-6-4-7-19(12-18)29(31)32/h2-12H,14H2,1H3,(H,28,30)/b17-9+. The number of nitro groups is 1. The lowest BCUT2D eigenvalue weighted by molar-refractivity contribution is -0.384. The number of ether oxygens (including phenoxy) is 2. The van der Waals surface area contributed by atoms with Crippen LogP contribution in [0.3, 0.4) is 0 Å². The highest BCUT2D eigenvalue weighted by Crippen LogP contribution is 2.35. The molecular formula is C24H17FIN3O5. The molecule has 172 valence electrons. The Labute approximate surface area is 207 Å². The number of carbonyl (C=O) groups excluding carboxylic acids is 1. The molecule has 0 aliphatic carbocycles. The number of nitrogens with one attached hydrogen (secondary N) is 1. The Kier molecular flexibility index (Phi) is 8.15. The second kappa shape index (κ2) is 11.2. The van der Waals surface area contributed by atoms with Crippen LogP contribution in [0, 0.1) is 30.8 Å². The monoisotopic (exact) mass is 573 g/mol. The third-order valence-electron chi connectivity index (χ3n) is 4.57. The van der Waals surface area contributed by atoms with Gasteiger partial charge in [-0.1, -0.05) is 24.3 Å². The van der Waals surface area contributed by atoms with Crippen molar-refractivity contribution >= 4 is 45.9 Å². The summed E-state index contributed by atoms with van der Waals surface area (Å²) < 4.78 is 25.7. The van der Waals surface area contributed by atoms with Gasteiger partial charge < -0.3 is 14.8 Å². The first kappa shape index (κ1) is 24.7. The van der Waals surface area contributed by atoms with E-state index in [2.05, 4.69) is 5.32 Å². The number of anilines is 1. The third kappa shape index (κ3) is 6.08. The number of hydrogen-bond acceptors (Lipinski definition) is 6. The van der Waals surface area contributed by atoms with Gasteiger partial charge in [-0.05, 0) is 58.5 Å². The van der Waals surface area contributed by atoms with Crippen LogP contribution in [0.2, 0.25) is 0 Å².